The molecule has 0 unspecified atom stereocenters. The lowest BCUT2D eigenvalue weighted by Gasteiger charge is -2.09. The molecular formula is C13H9ClFN3O2S. The van der Waals surface area contributed by atoms with E-state index in [0.717, 1.165) is 18.2 Å². The Morgan fingerprint density at radius 2 is 2.05 bits per heavy atom. The fourth-order valence-corrected chi connectivity index (χ4v) is 3.23. The normalized spacial score (nSPS) is 11.7. The van der Waals surface area contributed by atoms with Crippen molar-refractivity contribution in [3.8, 4) is 0 Å². The number of rotatable bonds is 3. The lowest BCUT2D eigenvalue weighted by atomic mass is 10.3. The van der Waals surface area contributed by atoms with E-state index in [9.17, 15) is 12.8 Å². The predicted octanol–water partition coefficient (Wildman–Crippen LogP) is 3.16. The molecule has 5 nitrogen and oxygen atoms in total. The van der Waals surface area contributed by atoms with Gasteiger partial charge in [0.1, 0.15) is 11.3 Å². The van der Waals surface area contributed by atoms with Crippen LogP contribution in [0, 0.1) is 5.82 Å². The molecule has 0 aliphatic carbocycles. The van der Waals surface area contributed by atoms with E-state index >= 15 is 0 Å². The zero-order valence-electron chi connectivity index (χ0n) is 10.5. The number of imidazole rings is 1. The minimum absolute atomic E-state index is 0.124. The van der Waals surface area contributed by atoms with Crippen molar-refractivity contribution in [3.63, 3.8) is 0 Å². The third-order valence-electron chi connectivity index (χ3n) is 2.90. The molecule has 0 amide bonds. The van der Waals surface area contributed by atoms with Crippen molar-refractivity contribution in [3.05, 3.63) is 53.6 Å². The topological polar surface area (TPSA) is 74.8 Å². The average molecular weight is 326 g/mol. The standard InChI is InChI=1S/C13H9ClFN3O2S/c14-9-6-8(4-5-10(9)15)21(19,20)18-12-3-1-2-11-13(12)17-7-16-11/h1-7,18H,(H,16,17). The Balaban J connectivity index is 2.03. The summed E-state index contributed by atoms with van der Waals surface area (Å²) in [7, 11) is -3.88. The molecule has 21 heavy (non-hydrogen) atoms. The average Bonchev–Trinajstić information content (AvgIpc) is 2.91. The van der Waals surface area contributed by atoms with Crippen molar-refractivity contribution in [1.82, 2.24) is 9.97 Å². The Hall–Kier alpha value is -2.12. The summed E-state index contributed by atoms with van der Waals surface area (Å²) in [4.78, 5) is 6.82. The van der Waals surface area contributed by atoms with E-state index in [1.54, 1.807) is 18.2 Å². The lowest BCUT2D eigenvalue weighted by Crippen LogP contribution is -2.13. The van der Waals surface area contributed by atoms with Crippen LogP contribution in [0.3, 0.4) is 0 Å². The smallest absolute Gasteiger partial charge is 0.262 e. The number of aromatic nitrogens is 2. The van der Waals surface area contributed by atoms with E-state index in [4.69, 9.17) is 11.6 Å². The zero-order valence-corrected chi connectivity index (χ0v) is 12.0. The molecule has 2 aromatic carbocycles. The maximum absolute atomic E-state index is 13.1. The van der Waals surface area contributed by atoms with Crippen molar-refractivity contribution < 1.29 is 12.8 Å². The second kappa shape index (κ2) is 5.01. The molecule has 0 bridgehead atoms. The molecule has 0 aliphatic rings. The molecule has 108 valence electrons. The highest BCUT2D eigenvalue weighted by atomic mass is 35.5. The van der Waals surface area contributed by atoms with Crippen molar-refractivity contribution in [2.24, 2.45) is 0 Å². The van der Waals surface area contributed by atoms with Crippen LogP contribution >= 0.6 is 11.6 Å². The first kappa shape index (κ1) is 13.8. The summed E-state index contributed by atoms with van der Waals surface area (Å²) in [6, 6.07) is 8.26. The Bertz CT molecular complexity index is 924. The van der Waals surface area contributed by atoms with Crippen molar-refractivity contribution >= 4 is 38.3 Å². The Morgan fingerprint density at radius 1 is 1.24 bits per heavy atom. The molecule has 8 heteroatoms. The van der Waals surface area contributed by atoms with Gasteiger partial charge in [-0.2, -0.15) is 0 Å². The van der Waals surface area contributed by atoms with Gasteiger partial charge < -0.3 is 4.98 Å². The number of nitrogens with one attached hydrogen (secondary N) is 2. The Kier molecular flexibility index (Phi) is 3.30. The van der Waals surface area contributed by atoms with Crippen LogP contribution in [-0.2, 0) is 10.0 Å². The maximum Gasteiger partial charge on any atom is 0.262 e. The lowest BCUT2D eigenvalue weighted by molar-refractivity contribution is 0.599. The Morgan fingerprint density at radius 3 is 2.81 bits per heavy atom. The third-order valence-corrected chi connectivity index (χ3v) is 4.55. The van der Waals surface area contributed by atoms with Gasteiger partial charge in [-0.25, -0.2) is 17.8 Å². The van der Waals surface area contributed by atoms with Crippen LogP contribution in [-0.4, -0.2) is 18.4 Å². The van der Waals surface area contributed by atoms with Crippen LogP contribution in [0.5, 0.6) is 0 Å². The molecule has 0 radical (unpaired) electrons. The summed E-state index contributed by atoms with van der Waals surface area (Å²) in [6.45, 7) is 0. The van der Waals surface area contributed by atoms with Crippen LogP contribution < -0.4 is 4.72 Å². The molecule has 1 heterocycles. The first-order valence-electron chi connectivity index (χ1n) is 5.87. The van der Waals surface area contributed by atoms with Gasteiger partial charge in [0.05, 0.1) is 27.4 Å². The number of para-hydroxylation sites is 1. The molecule has 3 aromatic rings. The van der Waals surface area contributed by atoms with Crippen molar-refractivity contribution in [2.45, 2.75) is 4.90 Å². The second-order valence-electron chi connectivity index (χ2n) is 4.29. The van der Waals surface area contributed by atoms with Gasteiger partial charge in [-0.3, -0.25) is 4.72 Å². The molecule has 0 saturated carbocycles. The highest BCUT2D eigenvalue weighted by Gasteiger charge is 2.17. The minimum Gasteiger partial charge on any atom is -0.345 e. The molecule has 2 N–H and O–H groups in total. The molecule has 0 spiro atoms. The van der Waals surface area contributed by atoms with E-state index in [2.05, 4.69) is 14.7 Å². The summed E-state index contributed by atoms with van der Waals surface area (Å²) in [5, 5.41) is -0.254. The summed E-state index contributed by atoms with van der Waals surface area (Å²) in [5.74, 6) is -0.676. The quantitative estimate of drug-likeness (QED) is 0.776. The van der Waals surface area contributed by atoms with Crippen LogP contribution in [0.2, 0.25) is 5.02 Å². The molecule has 0 aliphatic heterocycles. The van der Waals surface area contributed by atoms with Gasteiger partial charge in [-0.05, 0) is 30.3 Å². The van der Waals surface area contributed by atoms with E-state index in [-0.39, 0.29) is 9.92 Å². The van der Waals surface area contributed by atoms with E-state index < -0.39 is 15.8 Å². The number of hydrogen-bond donors (Lipinski definition) is 2. The van der Waals surface area contributed by atoms with Crippen molar-refractivity contribution in [2.75, 3.05) is 4.72 Å². The first-order valence-corrected chi connectivity index (χ1v) is 7.73. The molecule has 1 aromatic heterocycles. The van der Waals surface area contributed by atoms with Crippen LogP contribution in [0.15, 0.2) is 47.6 Å². The van der Waals surface area contributed by atoms with Gasteiger partial charge in [0, 0.05) is 0 Å². The number of fused-ring (bicyclic) bond motifs is 1. The van der Waals surface area contributed by atoms with Gasteiger partial charge >= 0.3 is 0 Å². The molecule has 3 rings (SSSR count). The van der Waals surface area contributed by atoms with E-state index in [1.807, 2.05) is 0 Å². The first-order chi connectivity index (χ1) is 9.97. The zero-order chi connectivity index (χ0) is 15.0. The van der Waals surface area contributed by atoms with Gasteiger partial charge in [-0.1, -0.05) is 17.7 Å². The molecular weight excluding hydrogens is 317 g/mol. The minimum atomic E-state index is -3.88. The highest BCUT2D eigenvalue weighted by Crippen LogP contribution is 2.25. The Labute approximate surface area is 124 Å². The number of nitrogens with zero attached hydrogens (tertiary/aromatic N) is 1. The predicted molar refractivity (Wildman–Crippen MR) is 78.3 cm³/mol. The highest BCUT2D eigenvalue weighted by molar-refractivity contribution is 7.92. The number of aromatic amines is 1. The monoisotopic (exact) mass is 325 g/mol. The van der Waals surface area contributed by atoms with Gasteiger partial charge in [0.2, 0.25) is 0 Å². The number of benzene rings is 2. The number of halogens is 2. The SMILES string of the molecule is O=S(=O)(Nc1cccc2[nH]cnc12)c1ccc(F)c(Cl)c1. The van der Waals surface area contributed by atoms with Crippen LogP contribution in [0.4, 0.5) is 10.1 Å². The molecule has 0 atom stereocenters. The van der Waals surface area contributed by atoms with Crippen LogP contribution in [0.1, 0.15) is 0 Å². The summed E-state index contributed by atoms with van der Waals surface area (Å²) < 4.78 is 40.1. The summed E-state index contributed by atoms with van der Waals surface area (Å²) in [6.07, 6.45) is 1.47. The van der Waals surface area contributed by atoms with Gasteiger partial charge in [-0.15, -0.1) is 0 Å². The largest absolute Gasteiger partial charge is 0.345 e. The fourth-order valence-electron chi connectivity index (χ4n) is 1.90. The second-order valence-corrected chi connectivity index (χ2v) is 6.38. The van der Waals surface area contributed by atoms with Gasteiger partial charge in [0.25, 0.3) is 10.0 Å². The summed E-state index contributed by atoms with van der Waals surface area (Å²) in [5.41, 5.74) is 1.52. The maximum atomic E-state index is 13.1. The molecule has 0 saturated heterocycles. The third kappa shape index (κ3) is 2.57. The van der Waals surface area contributed by atoms with Crippen molar-refractivity contribution in [1.29, 1.82) is 0 Å². The number of sulfonamides is 1. The fraction of sp³-hybridized carbons (Fsp3) is 0. The van der Waals surface area contributed by atoms with E-state index in [0.29, 0.717) is 16.7 Å². The summed E-state index contributed by atoms with van der Waals surface area (Å²) >= 11 is 5.62. The number of hydrogen-bond acceptors (Lipinski definition) is 3. The molecule has 0 fully saturated rings. The number of anilines is 1. The van der Waals surface area contributed by atoms with Crippen LogP contribution in [0.25, 0.3) is 11.0 Å². The van der Waals surface area contributed by atoms with E-state index in [1.165, 1.54) is 6.33 Å². The van der Waals surface area contributed by atoms with Gasteiger partial charge in [0.15, 0.2) is 0 Å². The number of H-pyrrole nitrogens is 1.